The van der Waals surface area contributed by atoms with Gasteiger partial charge in [0.25, 0.3) is 0 Å². The van der Waals surface area contributed by atoms with E-state index in [2.05, 4.69) is 12.2 Å². The summed E-state index contributed by atoms with van der Waals surface area (Å²) in [6, 6.07) is 5.57. The van der Waals surface area contributed by atoms with Crippen LogP contribution in [0.2, 0.25) is 0 Å². The summed E-state index contributed by atoms with van der Waals surface area (Å²) >= 11 is 0. The fourth-order valence-electron chi connectivity index (χ4n) is 3.81. The Morgan fingerprint density at radius 3 is 2.86 bits per heavy atom. The molecule has 3 rings (SSSR count). The molecule has 0 bridgehead atoms. The molecule has 2 atom stereocenters. The zero-order valence-electron chi connectivity index (χ0n) is 13.3. The van der Waals surface area contributed by atoms with Crippen molar-refractivity contribution in [3.05, 3.63) is 35.1 Å². The number of rotatable bonds is 4. The Balaban J connectivity index is 1.76. The van der Waals surface area contributed by atoms with Gasteiger partial charge in [0.05, 0.1) is 6.61 Å². The van der Waals surface area contributed by atoms with Gasteiger partial charge in [0.1, 0.15) is 5.82 Å². The highest BCUT2D eigenvalue weighted by molar-refractivity contribution is 5.34. The molecule has 1 saturated heterocycles. The largest absolute Gasteiger partial charge is 0.396 e. The molecule has 4 heteroatoms. The van der Waals surface area contributed by atoms with Gasteiger partial charge < -0.3 is 15.2 Å². The molecular weight excluding hydrogens is 281 g/mol. The van der Waals surface area contributed by atoms with E-state index in [1.54, 1.807) is 12.1 Å². The number of aliphatic hydroxyl groups excluding tert-OH is 1. The number of ether oxygens (including phenoxy) is 1. The fraction of sp³-hybridized carbons (Fsp3) is 0.667. The lowest BCUT2D eigenvalue weighted by Crippen LogP contribution is -2.44. The second kappa shape index (κ2) is 6.65. The first kappa shape index (κ1) is 15.9. The molecule has 2 aliphatic rings. The lowest BCUT2D eigenvalue weighted by atomic mass is 9.77. The third kappa shape index (κ3) is 3.05. The minimum absolute atomic E-state index is 0.0841. The number of hydrogen-bond donors (Lipinski definition) is 2. The molecule has 22 heavy (non-hydrogen) atoms. The lowest BCUT2D eigenvalue weighted by molar-refractivity contribution is -0.0175. The SMILES string of the molecule is CC1CCc2c(F)cccc2C1NCC1(CO)CCOCC1. The predicted molar refractivity (Wildman–Crippen MR) is 84.2 cm³/mol. The van der Waals surface area contributed by atoms with Crippen LogP contribution in [0.5, 0.6) is 0 Å². The van der Waals surface area contributed by atoms with Crippen molar-refractivity contribution < 1.29 is 14.2 Å². The number of nitrogens with one attached hydrogen (secondary N) is 1. The first-order chi connectivity index (χ1) is 10.7. The summed E-state index contributed by atoms with van der Waals surface area (Å²) < 4.78 is 19.4. The van der Waals surface area contributed by atoms with Crippen LogP contribution >= 0.6 is 0 Å². The molecule has 2 unspecified atom stereocenters. The van der Waals surface area contributed by atoms with Crippen LogP contribution < -0.4 is 5.32 Å². The van der Waals surface area contributed by atoms with Gasteiger partial charge >= 0.3 is 0 Å². The van der Waals surface area contributed by atoms with Gasteiger partial charge in [-0.25, -0.2) is 4.39 Å². The Hall–Kier alpha value is -0.970. The standard InChI is InChI=1S/C18H26FNO2/c1-13-5-6-14-15(3-2-4-16(14)19)17(13)20-11-18(12-21)7-9-22-10-8-18/h2-4,13,17,20-21H,5-12H2,1H3. The van der Waals surface area contributed by atoms with E-state index in [0.717, 1.165) is 43.4 Å². The van der Waals surface area contributed by atoms with Crippen LogP contribution in [-0.2, 0) is 11.2 Å². The summed E-state index contributed by atoms with van der Waals surface area (Å²) in [6.07, 6.45) is 3.59. The van der Waals surface area contributed by atoms with E-state index in [9.17, 15) is 9.50 Å². The van der Waals surface area contributed by atoms with Crippen molar-refractivity contribution >= 4 is 0 Å². The van der Waals surface area contributed by atoms with Crippen molar-refractivity contribution in [2.45, 2.75) is 38.6 Å². The zero-order chi connectivity index (χ0) is 15.6. The van der Waals surface area contributed by atoms with Crippen LogP contribution in [0.1, 0.15) is 43.4 Å². The Labute approximate surface area is 131 Å². The fourth-order valence-corrected chi connectivity index (χ4v) is 3.81. The van der Waals surface area contributed by atoms with Crippen LogP contribution in [0.3, 0.4) is 0 Å². The van der Waals surface area contributed by atoms with Crippen LogP contribution in [-0.4, -0.2) is 31.5 Å². The summed E-state index contributed by atoms with van der Waals surface area (Å²) in [6.45, 7) is 4.60. The molecule has 0 aromatic heterocycles. The number of aliphatic hydroxyl groups is 1. The molecule has 0 radical (unpaired) electrons. The molecule has 0 amide bonds. The van der Waals surface area contributed by atoms with E-state index in [-0.39, 0.29) is 23.9 Å². The highest BCUT2D eigenvalue weighted by Gasteiger charge is 2.35. The maximum Gasteiger partial charge on any atom is 0.126 e. The molecule has 1 aromatic carbocycles. The van der Waals surface area contributed by atoms with Crippen LogP contribution in [0, 0.1) is 17.2 Å². The molecular formula is C18H26FNO2. The van der Waals surface area contributed by atoms with Crippen LogP contribution in [0.25, 0.3) is 0 Å². The highest BCUT2D eigenvalue weighted by atomic mass is 19.1. The zero-order valence-corrected chi connectivity index (χ0v) is 13.3. The molecule has 1 aliphatic heterocycles. The summed E-state index contributed by atoms with van der Waals surface area (Å²) in [5, 5.41) is 13.5. The number of benzene rings is 1. The molecule has 1 heterocycles. The van der Waals surface area contributed by atoms with Crippen molar-refractivity contribution in [3.63, 3.8) is 0 Å². The number of fused-ring (bicyclic) bond motifs is 1. The third-order valence-electron chi connectivity index (χ3n) is 5.49. The minimum atomic E-state index is -0.0943. The van der Waals surface area contributed by atoms with E-state index < -0.39 is 0 Å². The van der Waals surface area contributed by atoms with E-state index >= 15 is 0 Å². The molecule has 0 spiro atoms. The molecule has 0 saturated carbocycles. The van der Waals surface area contributed by atoms with Gasteiger partial charge in [0.2, 0.25) is 0 Å². The highest BCUT2D eigenvalue weighted by Crippen LogP contribution is 2.37. The second-order valence-electron chi connectivity index (χ2n) is 6.95. The minimum Gasteiger partial charge on any atom is -0.396 e. The molecule has 1 aromatic rings. The van der Waals surface area contributed by atoms with Crippen molar-refractivity contribution in [1.29, 1.82) is 0 Å². The molecule has 1 aliphatic carbocycles. The first-order valence-corrected chi connectivity index (χ1v) is 8.34. The molecule has 1 fully saturated rings. The van der Waals surface area contributed by atoms with E-state index in [0.29, 0.717) is 19.1 Å². The van der Waals surface area contributed by atoms with E-state index in [1.165, 1.54) is 0 Å². The maximum atomic E-state index is 14.0. The van der Waals surface area contributed by atoms with Crippen molar-refractivity contribution in [2.24, 2.45) is 11.3 Å². The second-order valence-corrected chi connectivity index (χ2v) is 6.95. The monoisotopic (exact) mass is 307 g/mol. The smallest absolute Gasteiger partial charge is 0.126 e. The van der Waals surface area contributed by atoms with Crippen molar-refractivity contribution in [1.82, 2.24) is 5.32 Å². The van der Waals surface area contributed by atoms with Gasteiger partial charge in [-0.3, -0.25) is 0 Å². The van der Waals surface area contributed by atoms with Gasteiger partial charge in [-0.1, -0.05) is 19.1 Å². The average molecular weight is 307 g/mol. The maximum absolute atomic E-state index is 14.0. The normalized spacial score (nSPS) is 27.4. The Bertz CT molecular complexity index is 514. The quantitative estimate of drug-likeness (QED) is 0.899. The van der Waals surface area contributed by atoms with E-state index in [1.807, 2.05) is 6.07 Å². The van der Waals surface area contributed by atoms with Crippen LogP contribution in [0.4, 0.5) is 4.39 Å². The summed E-state index contributed by atoms with van der Waals surface area (Å²) in [7, 11) is 0. The molecule has 122 valence electrons. The van der Waals surface area contributed by atoms with Gasteiger partial charge in [-0.2, -0.15) is 0 Å². The number of hydrogen-bond acceptors (Lipinski definition) is 3. The lowest BCUT2D eigenvalue weighted by Gasteiger charge is -2.39. The molecule has 2 N–H and O–H groups in total. The van der Waals surface area contributed by atoms with Gasteiger partial charge in [-0.15, -0.1) is 0 Å². The Morgan fingerprint density at radius 2 is 2.14 bits per heavy atom. The van der Waals surface area contributed by atoms with Crippen molar-refractivity contribution in [2.75, 3.05) is 26.4 Å². The summed E-state index contributed by atoms with van der Waals surface area (Å²) in [4.78, 5) is 0. The van der Waals surface area contributed by atoms with Crippen LogP contribution in [0.15, 0.2) is 18.2 Å². The van der Waals surface area contributed by atoms with Gasteiger partial charge in [-0.05, 0) is 48.8 Å². The van der Waals surface area contributed by atoms with Crippen molar-refractivity contribution in [3.8, 4) is 0 Å². The van der Waals surface area contributed by atoms with E-state index in [4.69, 9.17) is 4.74 Å². The third-order valence-corrected chi connectivity index (χ3v) is 5.49. The number of halogens is 1. The summed E-state index contributed by atoms with van der Waals surface area (Å²) in [5.74, 6) is 0.393. The Morgan fingerprint density at radius 1 is 1.36 bits per heavy atom. The van der Waals surface area contributed by atoms with Gasteiger partial charge in [0, 0.05) is 31.2 Å². The topological polar surface area (TPSA) is 41.5 Å². The average Bonchev–Trinajstić information content (AvgIpc) is 2.55. The van der Waals surface area contributed by atoms with Gasteiger partial charge in [0.15, 0.2) is 0 Å². The molecule has 3 nitrogen and oxygen atoms in total. The predicted octanol–water partition coefficient (Wildman–Crippen LogP) is 2.83. The first-order valence-electron chi connectivity index (χ1n) is 8.34. The Kier molecular flexibility index (Phi) is 4.81. The summed E-state index contributed by atoms with van der Waals surface area (Å²) in [5.41, 5.74) is 1.87.